The van der Waals surface area contributed by atoms with Crippen LogP contribution in [0, 0.1) is 0 Å². The second kappa shape index (κ2) is 9.26. The quantitative estimate of drug-likeness (QED) is 0.273. The summed E-state index contributed by atoms with van der Waals surface area (Å²) in [5, 5.41) is 20.3. The molecular weight excluding hydrogens is 466 g/mol. The number of benzene rings is 2. The highest BCUT2D eigenvalue weighted by molar-refractivity contribution is 6.27. The van der Waals surface area contributed by atoms with Crippen molar-refractivity contribution in [1.82, 2.24) is 4.90 Å². The first-order valence-electron chi connectivity index (χ1n) is 11.2. The minimum Gasteiger partial charge on any atom is -0.507 e. The number of ketones is 2. The van der Waals surface area contributed by atoms with Crippen LogP contribution in [0.25, 0.3) is 0 Å². The molecular formula is C27H23NO8. The monoisotopic (exact) mass is 489 g/mol. The lowest BCUT2D eigenvalue weighted by Crippen LogP contribution is -2.45. The van der Waals surface area contributed by atoms with Crippen LogP contribution in [-0.4, -0.2) is 56.6 Å². The van der Waals surface area contributed by atoms with Crippen molar-refractivity contribution in [3.05, 3.63) is 82.0 Å². The molecule has 2 aliphatic rings. The molecule has 1 heterocycles. The summed E-state index contributed by atoms with van der Waals surface area (Å²) in [6.07, 6.45) is 1.42. The van der Waals surface area contributed by atoms with E-state index in [1.54, 1.807) is 32.1 Å². The van der Waals surface area contributed by atoms with E-state index in [1.807, 2.05) is 0 Å². The SMILES string of the molecule is CC(C)=CC[C@@H](OC(=O)[C@@H](C)N1C(=O)c2ccccc2C1=O)C1=CC(=O)c2c(O)ccc(O)c2C1=O. The van der Waals surface area contributed by atoms with E-state index in [0.717, 1.165) is 28.7 Å². The molecule has 0 radical (unpaired) electrons. The highest BCUT2D eigenvalue weighted by Gasteiger charge is 2.43. The molecule has 2 N–H and O–H groups in total. The molecule has 4 rings (SSSR count). The zero-order chi connectivity index (χ0) is 26.3. The lowest BCUT2D eigenvalue weighted by atomic mass is 9.85. The van der Waals surface area contributed by atoms with E-state index in [0.29, 0.717) is 0 Å². The number of phenolic OH excluding ortho intramolecular Hbond substituents is 2. The predicted octanol–water partition coefficient (Wildman–Crippen LogP) is 3.36. The van der Waals surface area contributed by atoms with Crippen LogP contribution in [0.2, 0.25) is 0 Å². The van der Waals surface area contributed by atoms with Gasteiger partial charge in [-0.3, -0.25) is 24.1 Å². The van der Waals surface area contributed by atoms with Gasteiger partial charge in [-0.15, -0.1) is 0 Å². The third kappa shape index (κ3) is 4.08. The maximum atomic E-state index is 13.3. The normalized spacial score (nSPS) is 16.2. The predicted molar refractivity (Wildman–Crippen MR) is 127 cm³/mol. The minimum absolute atomic E-state index is 0.0165. The number of imide groups is 1. The number of carbonyl (C=O) groups excluding carboxylic acids is 5. The number of hydrogen-bond acceptors (Lipinski definition) is 8. The van der Waals surface area contributed by atoms with Crippen molar-refractivity contribution < 1.29 is 38.9 Å². The molecule has 0 aromatic heterocycles. The molecule has 2 atom stereocenters. The van der Waals surface area contributed by atoms with Gasteiger partial charge in [0, 0.05) is 12.0 Å². The van der Waals surface area contributed by atoms with E-state index in [1.165, 1.54) is 19.1 Å². The Balaban J connectivity index is 1.65. The van der Waals surface area contributed by atoms with Crippen molar-refractivity contribution in [2.75, 3.05) is 0 Å². The van der Waals surface area contributed by atoms with Crippen molar-refractivity contribution in [3.63, 3.8) is 0 Å². The molecule has 0 fully saturated rings. The molecule has 36 heavy (non-hydrogen) atoms. The maximum Gasteiger partial charge on any atom is 0.329 e. The molecule has 1 aliphatic heterocycles. The van der Waals surface area contributed by atoms with Gasteiger partial charge in [-0.2, -0.15) is 0 Å². The fourth-order valence-corrected chi connectivity index (χ4v) is 4.21. The van der Waals surface area contributed by atoms with Gasteiger partial charge in [0.05, 0.1) is 22.3 Å². The summed E-state index contributed by atoms with van der Waals surface area (Å²) in [5.74, 6) is -4.72. The van der Waals surface area contributed by atoms with Crippen LogP contribution in [0.15, 0.2) is 59.7 Å². The van der Waals surface area contributed by atoms with E-state index >= 15 is 0 Å². The second-order valence-corrected chi connectivity index (χ2v) is 8.79. The van der Waals surface area contributed by atoms with Gasteiger partial charge in [-0.25, -0.2) is 4.79 Å². The molecule has 184 valence electrons. The van der Waals surface area contributed by atoms with Crippen molar-refractivity contribution in [1.29, 1.82) is 0 Å². The number of esters is 1. The van der Waals surface area contributed by atoms with Gasteiger partial charge in [0.25, 0.3) is 11.8 Å². The van der Waals surface area contributed by atoms with Gasteiger partial charge in [0.15, 0.2) is 11.6 Å². The Morgan fingerprint density at radius 1 is 0.944 bits per heavy atom. The number of hydrogen-bond donors (Lipinski definition) is 2. The van der Waals surface area contributed by atoms with Crippen LogP contribution in [0.5, 0.6) is 11.5 Å². The molecule has 1 aliphatic carbocycles. The number of aromatic hydroxyl groups is 2. The van der Waals surface area contributed by atoms with Gasteiger partial charge < -0.3 is 14.9 Å². The first-order valence-corrected chi connectivity index (χ1v) is 11.2. The molecule has 0 saturated heterocycles. The summed E-state index contributed by atoms with van der Waals surface area (Å²) < 4.78 is 5.60. The number of amides is 2. The molecule has 9 nitrogen and oxygen atoms in total. The number of rotatable bonds is 6. The number of nitrogens with zero attached hydrogens (tertiary/aromatic N) is 1. The third-order valence-electron chi connectivity index (χ3n) is 6.08. The van der Waals surface area contributed by atoms with E-state index in [2.05, 4.69) is 0 Å². The number of Topliss-reactive ketones (excluding diaryl/α,β-unsaturated/α-hetero) is 1. The third-order valence-corrected chi connectivity index (χ3v) is 6.08. The topological polar surface area (TPSA) is 138 Å². The summed E-state index contributed by atoms with van der Waals surface area (Å²) in [5.41, 5.74) is 0.269. The molecule has 9 heteroatoms. The first-order chi connectivity index (χ1) is 17.0. The smallest absolute Gasteiger partial charge is 0.329 e. The number of ether oxygens (including phenoxy) is 1. The zero-order valence-electron chi connectivity index (χ0n) is 19.8. The Morgan fingerprint density at radius 3 is 2.06 bits per heavy atom. The maximum absolute atomic E-state index is 13.3. The van der Waals surface area contributed by atoms with Crippen LogP contribution in [0.3, 0.4) is 0 Å². The summed E-state index contributed by atoms with van der Waals surface area (Å²) in [6.45, 7) is 4.92. The Hall–Kier alpha value is -4.53. The Bertz CT molecular complexity index is 1360. The van der Waals surface area contributed by atoms with Crippen molar-refractivity contribution in [2.24, 2.45) is 0 Å². The molecule has 0 unspecified atom stereocenters. The minimum atomic E-state index is -1.31. The lowest BCUT2D eigenvalue weighted by molar-refractivity contribution is -0.151. The van der Waals surface area contributed by atoms with Crippen molar-refractivity contribution >= 4 is 29.4 Å². The van der Waals surface area contributed by atoms with Crippen LogP contribution in [0.4, 0.5) is 0 Å². The van der Waals surface area contributed by atoms with Crippen LogP contribution >= 0.6 is 0 Å². The lowest BCUT2D eigenvalue weighted by Gasteiger charge is -2.27. The summed E-state index contributed by atoms with van der Waals surface area (Å²) in [7, 11) is 0. The average Bonchev–Trinajstić information content (AvgIpc) is 3.09. The number of carbonyl (C=O) groups is 5. The molecule has 2 aromatic rings. The van der Waals surface area contributed by atoms with Crippen LogP contribution in [0.1, 0.15) is 68.6 Å². The van der Waals surface area contributed by atoms with Gasteiger partial charge >= 0.3 is 5.97 Å². The molecule has 2 amide bonds. The van der Waals surface area contributed by atoms with Crippen molar-refractivity contribution in [3.8, 4) is 11.5 Å². The average molecular weight is 489 g/mol. The van der Waals surface area contributed by atoms with Gasteiger partial charge in [0.2, 0.25) is 0 Å². The van der Waals surface area contributed by atoms with Gasteiger partial charge in [0.1, 0.15) is 23.6 Å². The summed E-state index contributed by atoms with van der Waals surface area (Å²) >= 11 is 0. The molecule has 2 aromatic carbocycles. The number of fused-ring (bicyclic) bond motifs is 2. The Morgan fingerprint density at radius 2 is 1.50 bits per heavy atom. The largest absolute Gasteiger partial charge is 0.507 e. The molecule has 0 bridgehead atoms. The van der Waals surface area contributed by atoms with Crippen LogP contribution < -0.4 is 0 Å². The van der Waals surface area contributed by atoms with Gasteiger partial charge in [-0.05, 0) is 51.1 Å². The van der Waals surface area contributed by atoms with Gasteiger partial charge in [-0.1, -0.05) is 23.8 Å². The number of allylic oxidation sites excluding steroid dienone is 2. The first kappa shape index (κ1) is 24.6. The zero-order valence-corrected chi connectivity index (χ0v) is 19.8. The highest BCUT2D eigenvalue weighted by atomic mass is 16.5. The Labute approximate surface area is 206 Å². The second-order valence-electron chi connectivity index (χ2n) is 8.79. The molecule has 0 spiro atoms. The highest BCUT2D eigenvalue weighted by Crippen LogP contribution is 2.36. The van der Waals surface area contributed by atoms with E-state index < -0.39 is 53.0 Å². The Kier molecular flexibility index (Phi) is 6.32. The van der Waals surface area contributed by atoms with Crippen molar-refractivity contribution in [2.45, 2.75) is 39.3 Å². The standard InChI is InChI=1S/C27H23NO8/c1-13(2)8-11-21(17-12-20(31)22-18(29)9-10-19(30)23(22)24(17)32)36-27(35)14(3)28-25(33)15-6-4-5-7-16(15)26(28)34/h4-10,12,14,21,29-30H,11H2,1-3H3/t14-,21-/m1/s1. The van der Waals surface area contributed by atoms with E-state index in [9.17, 15) is 34.2 Å². The van der Waals surface area contributed by atoms with E-state index in [-0.39, 0.29) is 34.2 Å². The molecule has 0 saturated carbocycles. The fourth-order valence-electron chi connectivity index (χ4n) is 4.21. The summed E-state index contributed by atoms with van der Waals surface area (Å²) in [6, 6.07) is 7.06. The van der Waals surface area contributed by atoms with Crippen LogP contribution in [-0.2, 0) is 9.53 Å². The number of phenols is 2. The fraction of sp³-hybridized carbons (Fsp3) is 0.222. The summed E-state index contributed by atoms with van der Waals surface area (Å²) in [4.78, 5) is 65.5. The van der Waals surface area contributed by atoms with E-state index in [4.69, 9.17) is 4.74 Å².